The maximum absolute atomic E-state index is 12.9. The van der Waals surface area contributed by atoms with Gasteiger partial charge < -0.3 is 16.4 Å². The fraction of sp³-hybridized carbons (Fsp3) is 0.364. The number of amides is 2. The predicted molar refractivity (Wildman–Crippen MR) is 115 cm³/mol. The quantitative estimate of drug-likeness (QED) is 0.684. The summed E-state index contributed by atoms with van der Waals surface area (Å²) in [6.07, 6.45) is 5.86. The zero-order chi connectivity index (χ0) is 19.1. The Bertz CT molecular complexity index is 776. The van der Waals surface area contributed by atoms with E-state index in [1.165, 1.54) is 19.3 Å². The van der Waals surface area contributed by atoms with Gasteiger partial charge in [-0.25, -0.2) is 0 Å². The number of carbonyl (C=O) groups is 2. The predicted octanol–water partition coefficient (Wildman–Crippen LogP) is 4.00. The Hall–Kier alpha value is -2.37. The average molecular weight is 402 g/mol. The minimum absolute atomic E-state index is 0. The smallest absolute Gasteiger partial charge is 0.255 e. The number of carbonyl (C=O) groups excluding carboxylic acids is 2. The van der Waals surface area contributed by atoms with E-state index in [2.05, 4.69) is 10.6 Å². The molecule has 1 aliphatic rings. The molecule has 0 saturated heterocycles. The topological polar surface area (TPSA) is 84.2 Å². The van der Waals surface area contributed by atoms with Crippen molar-refractivity contribution in [3.63, 3.8) is 0 Å². The number of rotatable bonds is 6. The van der Waals surface area contributed by atoms with Crippen LogP contribution in [0.2, 0.25) is 0 Å². The second-order valence-electron chi connectivity index (χ2n) is 7.08. The summed E-state index contributed by atoms with van der Waals surface area (Å²) >= 11 is 0. The van der Waals surface area contributed by atoms with E-state index in [1.807, 2.05) is 18.2 Å². The Morgan fingerprint density at radius 3 is 2.25 bits per heavy atom. The van der Waals surface area contributed by atoms with Gasteiger partial charge in [0, 0.05) is 18.2 Å². The van der Waals surface area contributed by atoms with Crippen LogP contribution in [0, 0.1) is 5.92 Å². The first kappa shape index (κ1) is 21.9. The Balaban J connectivity index is 0.00000280. The number of hydrogen-bond donors (Lipinski definition) is 3. The summed E-state index contributed by atoms with van der Waals surface area (Å²) in [6, 6.07) is 16.0. The van der Waals surface area contributed by atoms with Crippen LogP contribution < -0.4 is 16.4 Å². The molecule has 1 fully saturated rings. The molecule has 4 N–H and O–H groups in total. The molecule has 3 rings (SSSR count). The van der Waals surface area contributed by atoms with E-state index >= 15 is 0 Å². The lowest BCUT2D eigenvalue weighted by atomic mass is 9.84. The lowest BCUT2D eigenvalue weighted by Crippen LogP contribution is -2.46. The van der Waals surface area contributed by atoms with Gasteiger partial charge in [0.15, 0.2) is 0 Å². The molecule has 2 aromatic carbocycles. The van der Waals surface area contributed by atoms with Gasteiger partial charge >= 0.3 is 0 Å². The second kappa shape index (κ2) is 10.8. The van der Waals surface area contributed by atoms with E-state index in [1.54, 1.807) is 36.4 Å². The lowest BCUT2D eigenvalue weighted by molar-refractivity contribution is 0.0916. The molecule has 6 heteroatoms. The van der Waals surface area contributed by atoms with Crippen LogP contribution in [0.15, 0.2) is 54.6 Å². The molecule has 2 aromatic rings. The first-order valence-corrected chi connectivity index (χ1v) is 9.65. The van der Waals surface area contributed by atoms with E-state index in [0.717, 1.165) is 12.8 Å². The van der Waals surface area contributed by atoms with Crippen molar-refractivity contribution >= 4 is 29.9 Å². The molecular formula is C22H28ClN3O2. The number of hydrogen-bond acceptors (Lipinski definition) is 3. The summed E-state index contributed by atoms with van der Waals surface area (Å²) in [5.41, 5.74) is 7.45. The molecule has 150 valence electrons. The van der Waals surface area contributed by atoms with Gasteiger partial charge in [0.25, 0.3) is 11.8 Å². The number of nitrogens with one attached hydrogen (secondary N) is 2. The molecule has 0 aliphatic heterocycles. The van der Waals surface area contributed by atoms with Crippen LogP contribution in [0.25, 0.3) is 0 Å². The zero-order valence-electron chi connectivity index (χ0n) is 15.9. The summed E-state index contributed by atoms with van der Waals surface area (Å²) in [4.78, 5) is 25.3. The fourth-order valence-corrected chi connectivity index (χ4v) is 3.73. The minimum Gasteiger partial charge on any atom is -0.348 e. The third-order valence-electron chi connectivity index (χ3n) is 5.25. The van der Waals surface area contributed by atoms with E-state index in [0.29, 0.717) is 29.3 Å². The highest BCUT2D eigenvalue weighted by molar-refractivity contribution is 6.09. The van der Waals surface area contributed by atoms with Crippen LogP contribution in [0.1, 0.15) is 52.8 Å². The van der Waals surface area contributed by atoms with Crippen molar-refractivity contribution in [1.29, 1.82) is 0 Å². The van der Waals surface area contributed by atoms with Crippen molar-refractivity contribution in [3.8, 4) is 0 Å². The largest absolute Gasteiger partial charge is 0.348 e. The highest BCUT2D eigenvalue weighted by Crippen LogP contribution is 2.26. The fourth-order valence-electron chi connectivity index (χ4n) is 3.73. The zero-order valence-corrected chi connectivity index (χ0v) is 16.7. The van der Waals surface area contributed by atoms with Gasteiger partial charge in [-0.3, -0.25) is 9.59 Å². The first-order valence-electron chi connectivity index (χ1n) is 9.65. The van der Waals surface area contributed by atoms with E-state index in [-0.39, 0.29) is 30.3 Å². The van der Waals surface area contributed by atoms with Gasteiger partial charge in [0.05, 0.1) is 11.3 Å². The number of halogens is 1. The molecule has 28 heavy (non-hydrogen) atoms. The molecule has 1 atom stereocenters. The van der Waals surface area contributed by atoms with Crippen molar-refractivity contribution in [3.05, 3.63) is 65.7 Å². The maximum Gasteiger partial charge on any atom is 0.255 e. The molecule has 2 amide bonds. The molecular weight excluding hydrogens is 374 g/mol. The van der Waals surface area contributed by atoms with Gasteiger partial charge in [0.2, 0.25) is 0 Å². The molecule has 0 radical (unpaired) electrons. The molecule has 5 nitrogen and oxygen atoms in total. The van der Waals surface area contributed by atoms with Crippen molar-refractivity contribution in [2.24, 2.45) is 11.7 Å². The minimum atomic E-state index is -0.237. The number of para-hydroxylation sites is 1. The Kier molecular flexibility index (Phi) is 8.48. The van der Waals surface area contributed by atoms with Gasteiger partial charge in [-0.15, -0.1) is 12.4 Å². The maximum atomic E-state index is 12.9. The molecule has 0 spiro atoms. The first-order chi connectivity index (χ1) is 13.2. The highest BCUT2D eigenvalue weighted by atomic mass is 35.5. The number of anilines is 1. The van der Waals surface area contributed by atoms with Crippen molar-refractivity contribution in [1.82, 2.24) is 5.32 Å². The molecule has 1 unspecified atom stereocenters. The summed E-state index contributed by atoms with van der Waals surface area (Å²) in [7, 11) is 0. The monoisotopic (exact) mass is 401 g/mol. The van der Waals surface area contributed by atoms with Crippen LogP contribution in [0.5, 0.6) is 0 Å². The Morgan fingerprint density at radius 2 is 1.57 bits per heavy atom. The van der Waals surface area contributed by atoms with Gasteiger partial charge in [-0.1, -0.05) is 49.6 Å². The van der Waals surface area contributed by atoms with Crippen LogP contribution in [-0.4, -0.2) is 24.4 Å². The van der Waals surface area contributed by atoms with Crippen molar-refractivity contribution in [2.45, 2.75) is 38.1 Å². The van der Waals surface area contributed by atoms with E-state index < -0.39 is 0 Å². The van der Waals surface area contributed by atoms with Gasteiger partial charge in [-0.05, 0) is 43.0 Å². The third kappa shape index (κ3) is 5.57. The normalized spacial score (nSPS) is 15.2. The number of nitrogens with two attached hydrogens (primary N) is 1. The molecule has 1 aliphatic carbocycles. The van der Waals surface area contributed by atoms with Gasteiger partial charge in [0.1, 0.15) is 0 Å². The van der Waals surface area contributed by atoms with Crippen LogP contribution in [-0.2, 0) is 0 Å². The third-order valence-corrected chi connectivity index (χ3v) is 5.25. The summed E-state index contributed by atoms with van der Waals surface area (Å²) in [5.74, 6) is -0.00253. The van der Waals surface area contributed by atoms with E-state index in [9.17, 15) is 9.59 Å². The SMILES string of the molecule is Cl.NCC(NC(=O)c1ccccc1NC(=O)c1ccccc1)C1CCCCC1. The Morgan fingerprint density at radius 1 is 0.929 bits per heavy atom. The molecule has 0 aromatic heterocycles. The molecule has 0 heterocycles. The molecule has 1 saturated carbocycles. The summed E-state index contributed by atoms with van der Waals surface area (Å²) < 4.78 is 0. The van der Waals surface area contributed by atoms with E-state index in [4.69, 9.17) is 5.73 Å². The average Bonchev–Trinajstić information content (AvgIpc) is 2.73. The number of benzene rings is 2. The van der Waals surface area contributed by atoms with Crippen LogP contribution in [0.4, 0.5) is 5.69 Å². The van der Waals surface area contributed by atoms with Crippen LogP contribution >= 0.6 is 12.4 Å². The summed E-state index contributed by atoms with van der Waals surface area (Å²) in [6.45, 7) is 0.426. The second-order valence-corrected chi connectivity index (χ2v) is 7.08. The van der Waals surface area contributed by atoms with Gasteiger partial charge in [-0.2, -0.15) is 0 Å². The lowest BCUT2D eigenvalue weighted by Gasteiger charge is -2.30. The molecule has 0 bridgehead atoms. The highest BCUT2D eigenvalue weighted by Gasteiger charge is 2.25. The van der Waals surface area contributed by atoms with Crippen LogP contribution in [0.3, 0.4) is 0 Å². The standard InChI is InChI=1S/C22H27N3O2.ClH/c23-15-20(16-9-3-1-4-10-16)25-22(27)18-13-7-8-14-19(18)24-21(26)17-11-5-2-6-12-17;/h2,5-8,11-14,16,20H,1,3-4,9-10,15,23H2,(H,24,26)(H,25,27);1H. The van der Waals surface area contributed by atoms with Crippen molar-refractivity contribution < 1.29 is 9.59 Å². The summed E-state index contributed by atoms with van der Waals surface area (Å²) in [5, 5.41) is 5.94. The van der Waals surface area contributed by atoms with Crippen molar-refractivity contribution in [2.75, 3.05) is 11.9 Å². The Labute approximate surface area is 172 Å².